The summed E-state index contributed by atoms with van der Waals surface area (Å²) < 4.78 is 6.00. The van der Waals surface area contributed by atoms with Crippen molar-refractivity contribution in [3.8, 4) is 11.8 Å². The number of carbonyl (C=O) groups is 1. The van der Waals surface area contributed by atoms with E-state index in [1.807, 2.05) is 24.3 Å². The third kappa shape index (κ3) is 2.41. The quantitative estimate of drug-likeness (QED) is 0.869. The van der Waals surface area contributed by atoms with Gasteiger partial charge in [-0.2, -0.15) is 5.26 Å². The van der Waals surface area contributed by atoms with Crippen molar-refractivity contribution in [3.05, 3.63) is 28.2 Å². The average molecular weight is 310 g/mol. The molecule has 5 nitrogen and oxygen atoms in total. The van der Waals surface area contributed by atoms with Crippen LogP contribution in [0.2, 0.25) is 0 Å². The van der Waals surface area contributed by atoms with Gasteiger partial charge in [-0.05, 0) is 33.6 Å². The fourth-order valence-electron chi connectivity index (χ4n) is 1.90. The molecule has 1 aromatic carbocycles. The Bertz CT molecular complexity index is 513. The minimum Gasteiger partial charge on any atom is -0.496 e. The van der Waals surface area contributed by atoms with E-state index in [4.69, 9.17) is 10.00 Å². The standard InChI is InChI=1S/C12H12BrN3O2/c1-18-11-3-2-8(6-9(11)13)10-7-16(5-4-14)12(17)15-10/h2-3,6,10H,5,7H2,1H3,(H,15,17). The van der Waals surface area contributed by atoms with Crippen molar-refractivity contribution >= 4 is 22.0 Å². The molecule has 1 saturated heterocycles. The van der Waals surface area contributed by atoms with E-state index in [9.17, 15) is 4.79 Å². The molecule has 1 aromatic rings. The van der Waals surface area contributed by atoms with E-state index in [0.717, 1.165) is 15.8 Å². The summed E-state index contributed by atoms with van der Waals surface area (Å²) in [5, 5.41) is 11.5. The Hall–Kier alpha value is -1.74. The lowest BCUT2D eigenvalue weighted by molar-refractivity contribution is 0.222. The molecule has 18 heavy (non-hydrogen) atoms. The Morgan fingerprint density at radius 3 is 3.06 bits per heavy atom. The summed E-state index contributed by atoms with van der Waals surface area (Å²) in [5.41, 5.74) is 0.983. The van der Waals surface area contributed by atoms with Gasteiger partial charge in [0.05, 0.1) is 23.7 Å². The first-order valence-electron chi connectivity index (χ1n) is 5.41. The number of nitrogens with one attached hydrogen (secondary N) is 1. The number of benzene rings is 1. The van der Waals surface area contributed by atoms with E-state index in [1.54, 1.807) is 7.11 Å². The highest BCUT2D eigenvalue weighted by Gasteiger charge is 2.29. The number of carbonyl (C=O) groups excluding carboxylic acids is 1. The Labute approximate surface area is 113 Å². The van der Waals surface area contributed by atoms with Crippen LogP contribution in [0.1, 0.15) is 11.6 Å². The highest BCUT2D eigenvalue weighted by atomic mass is 79.9. The highest BCUT2D eigenvalue weighted by molar-refractivity contribution is 9.10. The van der Waals surface area contributed by atoms with E-state index in [0.29, 0.717) is 6.54 Å². The van der Waals surface area contributed by atoms with Crippen LogP contribution >= 0.6 is 15.9 Å². The second kappa shape index (κ2) is 5.27. The van der Waals surface area contributed by atoms with Crippen molar-refractivity contribution in [2.75, 3.05) is 20.2 Å². The van der Waals surface area contributed by atoms with E-state index >= 15 is 0 Å². The van der Waals surface area contributed by atoms with E-state index in [1.165, 1.54) is 4.90 Å². The lowest BCUT2D eigenvalue weighted by Gasteiger charge is -2.12. The molecule has 1 aliphatic rings. The van der Waals surface area contributed by atoms with Crippen LogP contribution in [0.5, 0.6) is 5.75 Å². The predicted octanol–water partition coefficient (Wildman–Crippen LogP) is 2.05. The van der Waals surface area contributed by atoms with Crippen molar-refractivity contribution in [1.29, 1.82) is 5.26 Å². The number of ether oxygens (including phenoxy) is 1. The second-order valence-electron chi connectivity index (χ2n) is 3.93. The number of halogens is 1. The fraction of sp³-hybridized carbons (Fsp3) is 0.333. The lowest BCUT2D eigenvalue weighted by Crippen LogP contribution is -2.28. The first kappa shape index (κ1) is 12.7. The van der Waals surface area contributed by atoms with Crippen LogP contribution in [0.3, 0.4) is 0 Å². The first-order chi connectivity index (χ1) is 8.65. The van der Waals surface area contributed by atoms with Gasteiger partial charge in [-0.1, -0.05) is 6.07 Å². The van der Waals surface area contributed by atoms with Crippen molar-refractivity contribution in [2.24, 2.45) is 0 Å². The smallest absolute Gasteiger partial charge is 0.318 e. The van der Waals surface area contributed by atoms with Gasteiger partial charge in [0.15, 0.2) is 0 Å². The third-order valence-electron chi connectivity index (χ3n) is 2.83. The topological polar surface area (TPSA) is 65.4 Å². The van der Waals surface area contributed by atoms with Gasteiger partial charge in [-0.15, -0.1) is 0 Å². The number of methoxy groups -OCH3 is 1. The van der Waals surface area contributed by atoms with Crippen LogP contribution in [0.25, 0.3) is 0 Å². The molecule has 2 rings (SSSR count). The first-order valence-corrected chi connectivity index (χ1v) is 6.21. The maximum Gasteiger partial charge on any atom is 0.318 e. The maximum absolute atomic E-state index is 11.6. The summed E-state index contributed by atoms with van der Waals surface area (Å²) in [6.07, 6.45) is 0. The molecule has 0 aliphatic carbocycles. The van der Waals surface area contributed by atoms with Crippen molar-refractivity contribution < 1.29 is 9.53 Å². The number of amides is 2. The minimum absolute atomic E-state index is 0.0898. The van der Waals surface area contributed by atoms with Crippen molar-refractivity contribution in [3.63, 3.8) is 0 Å². The highest BCUT2D eigenvalue weighted by Crippen LogP contribution is 2.29. The van der Waals surface area contributed by atoms with Crippen molar-refractivity contribution in [1.82, 2.24) is 10.2 Å². The zero-order chi connectivity index (χ0) is 13.1. The largest absolute Gasteiger partial charge is 0.496 e. The number of nitrogens with zero attached hydrogens (tertiary/aromatic N) is 2. The van der Waals surface area contributed by atoms with E-state index in [2.05, 4.69) is 21.2 Å². The summed E-state index contributed by atoms with van der Waals surface area (Å²) in [6.45, 7) is 0.616. The molecule has 1 unspecified atom stereocenters. The van der Waals surface area contributed by atoms with Gasteiger partial charge in [0.1, 0.15) is 12.3 Å². The van der Waals surface area contributed by atoms with Gasteiger partial charge in [0, 0.05) is 6.54 Å². The normalized spacial score (nSPS) is 18.4. The van der Waals surface area contributed by atoms with Gasteiger partial charge >= 0.3 is 6.03 Å². The second-order valence-corrected chi connectivity index (χ2v) is 4.79. The van der Waals surface area contributed by atoms with Crippen LogP contribution in [0.15, 0.2) is 22.7 Å². The van der Waals surface area contributed by atoms with Gasteiger partial charge in [-0.25, -0.2) is 4.79 Å². The van der Waals surface area contributed by atoms with Gasteiger partial charge in [0.25, 0.3) is 0 Å². The number of hydrogen-bond donors (Lipinski definition) is 1. The SMILES string of the molecule is COc1ccc(C2CN(CC#N)C(=O)N2)cc1Br. The summed E-state index contributed by atoms with van der Waals surface area (Å²) in [6, 6.07) is 7.36. The predicted molar refractivity (Wildman–Crippen MR) is 69.2 cm³/mol. The molecular weight excluding hydrogens is 298 g/mol. The summed E-state index contributed by atoms with van der Waals surface area (Å²) >= 11 is 3.41. The molecule has 1 fully saturated rings. The van der Waals surface area contributed by atoms with Crippen LogP contribution in [-0.4, -0.2) is 31.1 Å². The summed E-state index contributed by atoms with van der Waals surface area (Å²) in [7, 11) is 1.60. The molecule has 0 saturated carbocycles. The molecule has 6 heteroatoms. The molecule has 0 spiro atoms. The van der Waals surface area contributed by atoms with Crippen LogP contribution in [0, 0.1) is 11.3 Å². The molecule has 1 atom stereocenters. The molecule has 94 valence electrons. The number of nitriles is 1. The van der Waals surface area contributed by atoms with Gasteiger partial charge in [-0.3, -0.25) is 0 Å². The molecular formula is C12H12BrN3O2. The van der Waals surface area contributed by atoms with E-state index < -0.39 is 0 Å². The molecule has 1 N–H and O–H groups in total. The lowest BCUT2D eigenvalue weighted by atomic mass is 10.1. The molecule has 0 aromatic heterocycles. The Kier molecular flexibility index (Phi) is 3.72. The molecule has 2 amide bonds. The van der Waals surface area contributed by atoms with Gasteiger partial charge < -0.3 is 15.0 Å². The molecule has 0 bridgehead atoms. The zero-order valence-corrected chi connectivity index (χ0v) is 11.4. The zero-order valence-electron chi connectivity index (χ0n) is 9.81. The van der Waals surface area contributed by atoms with Crippen LogP contribution < -0.4 is 10.1 Å². The third-order valence-corrected chi connectivity index (χ3v) is 3.45. The van der Waals surface area contributed by atoms with Crippen LogP contribution in [-0.2, 0) is 0 Å². The van der Waals surface area contributed by atoms with Gasteiger partial charge in [0.2, 0.25) is 0 Å². The van der Waals surface area contributed by atoms with Crippen molar-refractivity contribution in [2.45, 2.75) is 6.04 Å². The number of urea groups is 1. The summed E-state index contributed by atoms with van der Waals surface area (Å²) in [5.74, 6) is 0.747. The fourth-order valence-corrected chi connectivity index (χ4v) is 2.46. The Morgan fingerprint density at radius 2 is 2.44 bits per heavy atom. The maximum atomic E-state index is 11.6. The average Bonchev–Trinajstić information content (AvgIpc) is 2.71. The van der Waals surface area contributed by atoms with E-state index in [-0.39, 0.29) is 18.6 Å². The molecule has 1 aliphatic heterocycles. The summed E-state index contributed by atoms with van der Waals surface area (Å²) in [4.78, 5) is 13.1. The Balaban J connectivity index is 2.17. The van der Waals surface area contributed by atoms with Crippen LogP contribution in [0.4, 0.5) is 4.79 Å². The molecule has 0 radical (unpaired) electrons. The number of hydrogen-bond acceptors (Lipinski definition) is 3. The minimum atomic E-state index is -0.200. The Morgan fingerprint density at radius 1 is 1.67 bits per heavy atom. The number of rotatable bonds is 3. The monoisotopic (exact) mass is 309 g/mol. The molecule has 1 heterocycles.